The highest BCUT2D eigenvalue weighted by molar-refractivity contribution is 7.17. The second-order valence-electron chi connectivity index (χ2n) is 6.41. The Morgan fingerprint density at radius 2 is 1.93 bits per heavy atom. The molecule has 3 aromatic heterocycles. The highest BCUT2D eigenvalue weighted by Crippen LogP contribution is 2.33. The third-order valence-electron chi connectivity index (χ3n) is 4.57. The molecule has 0 saturated carbocycles. The summed E-state index contributed by atoms with van der Waals surface area (Å²) >= 11 is 1.23. The lowest BCUT2D eigenvalue weighted by molar-refractivity contribution is 0.0994. The second-order valence-corrected chi connectivity index (χ2v) is 7.49. The van der Waals surface area contributed by atoms with Crippen molar-refractivity contribution in [3.63, 3.8) is 0 Å². The number of aromatic nitrogens is 2. The van der Waals surface area contributed by atoms with E-state index < -0.39 is 17.4 Å². The van der Waals surface area contributed by atoms with Crippen LogP contribution in [0.1, 0.15) is 20.8 Å². The van der Waals surface area contributed by atoms with Gasteiger partial charge in [0.2, 0.25) is 0 Å². The van der Waals surface area contributed by atoms with Crippen molar-refractivity contribution in [2.24, 2.45) is 7.05 Å². The largest absolute Gasteiger partial charge is 0.419 e. The fourth-order valence-corrected chi connectivity index (χ4v) is 4.05. The topological polar surface area (TPSA) is 65.1 Å². The molecule has 0 atom stereocenters. The van der Waals surface area contributed by atoms with Crippen molar-refractivity contribution < 1.29 is 18.0 Å². The molecular formula is C20H14F2N2O3S. The molecule has 8 heteroatoms. The van der Waals surface area contributed by atoms with Crippen LogP contribution in [0.5, 0.6) is 0 Å². The van der Waals surface area contributed by atoms with E-state index in [1.165, 1.54) is 15.9 Å². The fraction of sp³-hybridized carbons (Fsp3) is 0.150. The average Bonchev–Trinajstić information content (AvgIpc) is 3.23. The van der Waals surface area contributed by atoms with Gasteiger partial charge in [-0.2, -0.15) is 0 Å². The van der Waals surface area contributed by atoms with Gasteiger partial charge in [0, 0.05) is 23.9 Å². The van der Waals surface area contributed by atoms with E-state index in [4.69, 9.17) is 4.42 Å². The molecule has 0 N–H and O–H groups in total. The van der Waals surface area contributed by atoms with Crippen molar-refractivity contribution in [3.05, 3.63) is 74.8 Å². The third-order valence-corrected chi connectivity index (χ3v) is 5.73. The van der Waals surface area contributed by atoms with E-state index in [2.05, 4.69) is 4.98 Å². The quantitative estimate of drug-likeness (QED) is 0.480. The fourth-order valence-electron chi connectivity index (χ4n) is 3.03. The number of halogens is 2. The van der Waals surface area contributed by atoms with Gasteiger partial charge in [0.1, 0.15) is 11.6 Å². The average molecular weight is 400 g/mol. The maximum Gasteiger partial charge on any atom is 0.419 e. The van der Waals surface area contributed by atoms with Gasteiger partial charge >= 0.3 is 5.76 Å². The zero-order valence-electron chi connectivity index (χ0n) is 15.0. The SMILES string of the molecule is Cc1cc2oc(=O)n(C)c2cc1-c1ccc(C(=O)Cc2c(F)cncc2F)s1. The highest BCUT2D eigenvalue weighted by Gasteiger charge is 2.18. The first-order chi connectivity index (χ1) is 13.3. The maximum atomic E-state index is 13.7. The zero-order valence-corrected chi connectivity index (χ0v) is 15.8. The zero-order chi connectivity index (χ0) is 20.0. The summed E-state index contributed by atoms with van der Waals surface area (Å²) in [5, 5.41) is 0. The summed E-state index contributed by atoms with van der Waals surface area (Å²) in [6, 6.07) is 7.02. The number of thiophene rings is 1. The van der Waals surface area contributed by atoms with Crippen molar-refractivity contribution in [2.45, 2.75) is 13.3 Å². The van der Waals surface area contributed by atoms with Gasteiger partial charge < -0.3 is 4.42 Å². The summed E-state index contributed by atoms with van der Waals surface area (Å²) in [4.78, 5) is 28.9. The van der Waals surface area contributed by atoms with Crippen molar-refractivity contribution in [2.75, 3.05) is 0 Å². The number of carbonyl (C=O) groups is 1. The molecule has 4 aromatic rings. The summed E-state index contributed by atoms with van der Waals surface area (Å²) in [5.41, 5.74) is 2.59. The molecule has 0 aliphatic carbocycles. The van der Waals surface area contributed by atoms with Crippen LogP contribution < -0.4 is 5.76 Å². The lowest BCUT2D eigenvalue weighted by atomic mass is 10.1. The summed E-state index contributed by atoms with van der Waals surface area (Å²) in [6.45, 7) is 1.88. The predicted molar refractivity (Wildman–Crippen MR) is 102 cm³/mol. The molecule has 0 radical (unpaired) electrons. The summed E-state index contributed by atoms with van der Waals surface area (Å²) in [5.74, 6) is -2.51. The Hall–Kier alpha value is -3.13. The van der Waals surface area contributed by atoms with Crippen LogP contribution in [0.4, 0.5) is 8.78 Å². The first-order valence-electron chi connectivity index (χ1n) is 8.36. The molecule has 0 spiro atoms. The number of aryl methyl sites for hydroxylation is 2. The number of benzene rings is 1. The maximum absolute atomic E-state index is 13.7. The second kappa shape index (κ2) is 6.79. The van der Waals surface area contributed by atoms with Gasteiger partial charge in [-0.25, -0.2) is 13.6 Å². The van der Waals surface area contributed by atoms with Crippen LogP contribution in [0.15, 0.2) is 45.9 Å². The van der Waals surface area contributed by atoms with Crippen LogP contribution >= 0.6 is 11.3 Å². The van der Waals surface area contributed by atoms with E-state index >= 15 is 0 Å². The molecule has 4 rings (SSSR count). The molecule has 1 aromatic carbocycles. The van der Waals surface area contributed by atoms with E-state index in [0.29, 0.717) is 16.0 Å². The van der Waals surface area contributed by atoms with Crippen molar-refractivity contribution >= 4 is 28.2 Å². The van der Waals surface area contributed by atoms with Crippen LogP contribution in [0, 0.1) is 18.6 Å². The standard InChI is InChI=1S/C20H14F2N2O3S/c1-10-5-17-15(24(2)20(26)27-17)6-11(10)18-3-4-19(28-18)16(25)7-12-13(21)8-23-9-14(12)22/h3-6,8-9H,7H2,1-2H3. The first kappa shape index (κ1) is 18.2. The minimum atomic E-state index is -0.840. The smallest absolute Gasteiger partial charge is 0.408 e. The number of ketones is 1. The van der Waals surface area contributed by atoms with Crippen molar-refractivity contribution in [1.29, 1.82) is 0 Å². The van der Waals surface area contributed by atoms with E-state index in [1.807, 2.05) is 13.0 Å². The Bertz CT molecular complexity index is 1270. The highest BCUT2D eigenvalue weighted by atomic mass is 32.1. The van der Waals surface area contributed by atoms with Gasteiger partial charge in [-0.05, 0) is 42.3 Å². The molecule has 0 fully saturated rings. The lowest BCUT2D eigenvalue weighted by Crippen LogP contribution is -2.08. The van der Waals surface area contributed by atoms with E-state index in [1.54, 1.807) is 25.2 Å². The van der Waals surface area contributed by atoms with Gasteiger partial charge in [0.15, 0.2) is 11.4 Å². The Morgan fingerprint density at radius 1 is 1.21 bits per heavy atom. The molecule has 3 heterocycles. The number of pyridine rings is 1. The molecule has 5 nitrogen and oxygen atoms in total. The van der Waals surface area contributed by atoms with Gasteiger partial charge in [-0.3, -0.25) is 14.3 Å². The summed E-state index contributed by atoms with van der Waals surface area (Å²) in [7, 11) is 1.62. The van der Waals surface area contributed by atoms with E-state index in [0.717, 1.165) is 28.4 Å². The van der Waals surface area contributed by atoms with Gasteiger partial charge in [-0.1, -0.05) is 0 Å². The third kappa shape index (κ3) is 3.05. The number of Topliss-reactive ketones (excluding diaryl/α,β-unsaturated/α-hetero) is 1. The van der Waals surface area contributed by atoms with E-state index in [9.17, 15) is 18.4 Å². The first-order valence-corrected chi connectivity index (χ1v) is 9.18. The number of carbonyl (C=O) groups excluding carboxylic acids is 1. The Balaban J connectivity index is 1.69. The van der Waals surface area contributed by atoms with Crippen LogP contribution in [-0.2, 0) is 13.5 Å². The van der Waals surface area contributed by atoms with Crippen LogP contribution in [0.25, 0.3) is 21.5 Å². The number of fused-ring (bicyclic) bond motifs is 1. The lowest BCUT2D eigenvalue weighted by Gasteiger charge is -2.04. The van der Waals surface area contributed by atoms with Crippen molar-refractivity contribution in [1.82, 2.24) is 9.55 Å². The monoisotopic (exact) mass is 400 g/mol. The molecule has 28 heavy (non-hydrogen) atoms. The predicted octanol–water partition coefficient (Wildman–Crippen LogP) is 4.27. The van der Waals surface area contributed by atoms with Gasteiger partial charge in [-0.15, -0.1) is 11.3 Å². The molecule has 0 aliphatic heterocycles. The van der Waals surface area contributed by atoms with Crippen LogP contribution in [0.2, 0.25) is 0 Å². The molecule has 0 unspecified atom stereocenters. The number of oxazole rings is 1. The molecule has 0 amide bonds. The summed E-state index contributed by atoms with van der Waals surface area (Å²) < 4.78 is 34.1. The number of rotatable bonds is 4. The van der Waals surface area contributed by atoms with Crippen LogP contribution in [0.3, 0.4) is 0 Å². The number of hydrogen-bond donors (Lipinski definition) is 0. The Labute approximate surface area is 161 Å². The molecule has 0 aliphatic rings. The van der Waals surface area contributed by atoms with Gasteiger partial charge in [0.25, 0.3) is 0 Å². The molecule has 0 saturated heterocycles. The van der Waals surface area contributed by atoms with Crippen molar-refractivity contribution in [3.8, 4) is 10.4 Å². The number of nitrogens with zero attached hydrogens (tertiary/aromatic N) is 2. The molecule has 0 bridgehead atoms. The number of hydrogen-bond acceptors (Lipinski definition) is 5. The minimum absolute atomic E-state index is 0.291. The van der Waals surface area contributed by atoms with Crippen LogP contribution in [-0.4, -0.2) is 15.3 Å². The minimum Gasteiger partial charge on any atom is -0.408 e. The normalized spacial score (nSPS) is 11.3. The van der Waals surface area contributed by atoms with Gasteiger partial charge in [0.05, 0.1) is 22.8 Å². The summed E-state index contributed by atoms with van der Waals surface area (Å²) in [6.07, 6.45) is 1.40. The molecular weight excluding hydrogens is 386 g/mol. The Kier molecular flexibility index (Phi) is 4.43. The van der Waals surface area contributed by atoms with E-state index in [-0.39, 0.29) is 17.8 Å². The Morgan fingerprint density at radius 3 is 2.64 bits per heavy atom. The molecule has 142 valence electrons.